The van der Waals surface area contributed by atoms with Crippen molar-refractivity contribution in [2.45, 2.75) is 18.9 Å². The minimum atomic E-state index is 0.486. The van der Waals surface area contributed by atoms with Crippen LogP contribution in [0.3, 0.4) is 0 Å². The molecular weight excluding hydrogens is 260 g/mol. The predicted molar refractivity (Wildman–Crippen MR) is 82.6 cm³/mol. The van der Waals surface area contributed by atoms with Crippen molar-refractivity contribution >= 4 is 5.69 Å². The molecular formula is C17H16N4. The van der Waals surface area contributed by atoms with Crippen LogP contribution < -0.4 is 5.32 Å². The molecule has 0 aliphatic heterocycles. The first-order chi connectivity index (χ1) is 10.4. The molecule has 1 aromatic heterocycles. The summed E-state index contributed by atoms with van der Waals surface area (Å²) in [6.07, 6.45) is 5.44. The molecule has 4 rings (SSSR count). The molecule has 1 aliphatic carbocycles. The van der Waals surface area contributed by atoms with Gasteiger partial charge in [0, 0.05) is 11.7 Å². The summed E-state index contributed by atoms with van der Waals surface area (Å²) in [6, 6.07) is 17.5. The first-order valence-electron chi connectivity index (χ1n) is 7.17. The lowest BCUT2D eigenvalue weighted by Crippen LogP contribution is -2.19. The molecule has 1 N–H and O–H groups in total. The zero-order valence-electron chi connectivity index (χ0n) is 11.6. The first kappa shape index (κ1) is 12.1. The lowest BCUT2D eigenvalue weighted by Gasteiger charge is -2.14. The van der Waals surface area contributed by atoms with Gasteiger partial charge in [-0.05, 0) is 48.2 Å². The maximum Gasteiger partial charge on any atom is 0.138 e. The average molecular weight is 276 g/mol. The van der Waals surface area contributed by atoms with E-state index in [-0.39, 0.29) is 0 Å². The van der Waals surface area contributed by atoms with E-state index in [0.29, 0.717) is 6.04 Å². The topological polar surface area (TPSA) is 42.7 Å². The fourth-order valence-electron chi connectivity index (χ4n) is 2.95. The van der Waals surface area contributed by atoms with Gasteiger partial charge in [0.1, 0.15) is 12.7 Å². The molecule has 0 atom stereocenters. The Labute approximate surface area is 123 Å². The highest BCUT2D eigenvalue weighted by molar-refractivity contribution is 5.50. The number of anilines is 1. The normalized spacial score (nSPS) is 14.1. The highest BCUT2D eigenvalue weighted by Gasteiger charge is 2.20. The Balaban J connectivity index is 1.47. The molecule has 104 valence electrons. The van der Waals surface area contributed by atoms with Gasteiger partial charge in [0.2, 0.25) is 0 Å². The van der Waals surface area contributed by atoms with Gasteiger partial charge in [-0.2, -0.15) is 5.10 Å². The predicted octanol–water partition coefficient (Wildman–Crippen LogP) is 2.85. The number of nitrogens with zero attached hydrogens (tertiary/aromatic N) is 3. The van der Waals surface area contributed by atoms with Crippen LogP contribution in [0.5, 0.6) is 0 Å². The second-order valence-electron chi connectivity index (χ2n) is 5.41. The Morgan fingerprint density at radius 1 is 0.952 bits per heavy atom. The van der Waals surface area contributed by atoms with E-state index >= 15 is 0 Å². The average Bonchev–Trinajstić information content (AvgIpc) is 3.17. The summed E-state index contributed by atoms with van der Waals surface area (Å²) in [6.45, 7) is 0. The van der Waals surface area contributed by atoms with E-state index in [1.54, 1.807) is 17.3 Å². The van der Waals surface area contributed by atoms with Crippen LogP contribution in [0.15, 0.2) is 61.2 Å². The van der Waals surface area contributed by atoms with E-state index in [1.165, 1.54) is 11.1 Å². The van der Waals surface area contributed by atoms with E-state index < -0.39 is 0 Å². The van der Waals surface area contributed by atoms with Gasteiger partial charge >= 0.3 is 0 Å². The van der Waals surface area contributed by atoms with Crippen molar-refractivity contribution in [1.29, 1.82) is 0 Å². The lowest BCUT2D eigenvalue weighted by molar-refractivity contribution is 0.774. The van der Waals surface area contributed by atoms with Crippen LogP contribution in [-0.4, -0.2) is 20.8 Å². The first-order valence-corrected chi connectivity index (χ1v) is 7.17. The fraction of sp³-hybridized carbons (Fsp3) is 0.176. The second-order valence-corrected chi connectivity index (χ2v) is 5.41. The van der Waals surface area contributed by atoms with Crippen LogP contribution in [0.4, 0.5) is 5.69 Å². The summed E-state index contributed by atoms with van der Waals surface area (Å²) in [5.74, 6) is 0. The van der Waals surface area contributed by atoms with Crippen LogP contribution in [0.25, 0.3) is 5.69 Å². The number of fused-ring (bicyclic) bond motifs is 1. The van der Waals surface area contributed by atoms with Gasteiger partial charge in [-0.25, -0.2) is 9.67 Å². The molecule has 0 unspecified atom stereocenters. The van der Waals surface area contributed by atoms with Crippen molar-refractivity contribution in [3.05, 3.63) is 72.3 Å². The van der Waals surface area contributed by atoms with Crippen LogP contribution in [0.1, 0.15) is 11.1 Å². The SMILES string of the molecule is c1ccc2c(c1)CC(Nc1ccc(-n3cncn3)cc1)C2. The Morgan fingerprint density at radius 3 is 2.29 bits per heavy atom. The third-order valence-corrected chi connectivity index (χ3v) is 3.97. The van der Waals surface area contributed by atoms with Gasteiger partial charge in [0.25, 0.3) is 0 Å². The Hall–Kier alpha value is -2.62. The molecule has 21 heavy (non-hydrogen) atoms. The Kier molecular flexibility index (Phi) is 2.92. The number of hydrogen-bond acceptors (Lipinski definition) is 3. The summed E-state index contributed by atoms with van der Waals surface area (Å²) in [5, 5.41) is 7.75. The quantitative estimate of drug-likeness (QED) is 0.800. The van der Waals surface area contributed by atoms with Gasteiger partial charge in [0.15, 0.2) is 0 Å². The molecule has 0 radical (unpaired) electrons. The monoisotopic (exact) mass is 276 g/mol. The number of aromatic nitrogens is 3. The van der Waals surface area contributed by atoms with Crippen LogP contribution >= 0.6 is 0 Å². The summed E-state index contributed by atoms with van der Waals surface area (Å²) in [5.41, 5.74) is 5.10. The van der Waals surface area contributed by atoms with Gasteiger partial charge < -0.3 is 5.32 Å². The maximum atomic E-state index is 4.13. The molecule has 2 aromatic carbocycles. The number of nitrogens with one attached hydrogen (secondary N) is 1. The number of rotatable bonds is 3. The highest BCUT2D eigenvalue weighted by atomic mass is 15.3. The minimum absolute atomic E-state index is 0.486. The van der Waals surface area contributed by atoms with E-state index in [1.807, 2.05) is 0 Å². The van der Waals surface area contributed by atoms with Crippen molar-refractivity contribution in [1.82, 2.24) is 14.8 Å². The molecule has 1 heterocycles. The summed E-state index contributed by atoms with van der Waals surface area (Å²) in [7, 11) is 0. The number of hydrogen-bond donors (Lipinski definition) is 1. The molecule has 0 saturated heterocycles. The molecule has 4 nitrogen and oxygen atoms in total. The van der Waals surface area contributed by atoms with Crippen LogP contribution in [0, 0.1) is 0 Å². The zero-order valence-corrected chi connectivity index (χ0v) is 11.6. The molecule has 1 aliphatic rings. The minimum Gasteiger partial charge on any atom is -0.382 e. The van der Waals surface area contributed by atoms with Crippen LogP contribution in [-0.2, 0) is 12.8 Å². The number of benzene rings is 2. The smallest absolute Gasteiger partial charge is 0.138 e. The van der Waals surface area contributed by atoms with Crippen molar-refractivity contribution in [3.8, 4) is 5.69 Å². The van der Waals surface area contributed by atoms with Crippen LogP contribution in [0.2, 0.25) is 0 Å². The fourth-order valence-corrected chi connectivity index (χ4v) is 2.95. The Morgan fingerprint density at radius 2 is 1.67 bits per heavy atom. The third-order valence-electron chi connectivity index (χ3n) is 3.97. The van der Waals surface area contributed by atoms with Gasteiger partial charge in [0.05, 0.1) is 5.69 Å². The van der Waals surface area contributed by atoms with Crippen molar-refractivity contribution in [2.75, 3.05) is 5.32 Å². The van der Waals surface area contributed by atoms with E-state index in [9.17, 15) is 0 Å². The molecule has 0 saturated carbocycles. The molecule has 3 aromatic rings. The van der Waals surface area contributed by atoms with E-state index in [2.05, 4.69) is 63.9 Å². The van der Waals surface area contributed by atoms with E-state index in [4.69, 9.17) is 0 Å². The molecule has 4 heteroatoms. The summed E-state index contributed by atoms with van der Waals surface area (Å²) >= 11 is 0. The van der Waals surface area contributed by atoms with Gasteiger partial charge in [-0.1, -0.05) is 24.3 Å². The molecule has 0 fully saturated rings. The summed E-state index contributed by atoms with van der Waals surface area (Å²) in [4.78, 5) is 3.96. The summed E-state index contributed by atoms with van der Waals surface area (Å²) < 4.78 is 1.76. The lowest BCUT2D eigenvalue weighted by atomic mass is 10.1. The molecule has 0 spiro atoms. The highest BCUT2D eigenvalue weighted by Crippen LogP contribution is 2.24. The Bertz CT molecular complexity index is 707. The van der Waals surface area contributed by atoms with Crippen molar-refractivity contribution < 1.29 is 0 Å². The van der Waals surface area contributed by atoms with E-state index in [0.717, 1.165) is 24.2 Å². The largest absolute Gasteiger partial charge is 0.382 e. The zero-order chi connectivity index (χ0) is 14.1. The standard InChI is InChI=1S/C17H16N4/c1-2-4-14-10-16(9-13(14)3-1)20-15-5-7-17(8-6-15)21-12-18-11-19-21/h1-8,11-12,16,20H,9-10H2. The third kappa shape index (κ3) is 2.40. The second kappa shape index (κ2) is 5.05. The molecule has 0 bridgehead atoms. The van der Waals surface area contributed by atoms with Gasteiger partial charge in [-0.15, -0.1) is 0 Å². The van der Waals surface area contributed by atoms with Crippen molar-refractivity contribution in [2.24, 2.45) is 0 Å². The molecule has 0 amide bonds. The maximum absolute atomic E-state index is 4.13. The van der Waals surface area contributed by atoms with Crippen molar-refractivity contribution in [3.63, 3.8) is 0 Å². The van der Waals surface area contributed by atoms with Gasteiger partial charge in [-0.3, -0.25) is 0 Å².